The van der Waals surface area contributed by atoms with Crippen LogP contribution < -0.4 is 4.72 Å². The molecule has 0 atom stereocenters. The van der Waals surface area contributed by atoms with Crippen molar-refractivity contribution in [2.24, 2.45) is 0 Å². The van der Waals surface area contributed by atoms with Crippen LogP contribution in [0.3, 0.4) is 0 Å². The summed E-state index contributed by atoms with van der Waals surface area (Å²) >= 11 is 4.17. The lowest BCUT2D eigenvalue weighted by Crippen LogP contribution is -2.12. The average Bonchev–Trinajstić information content (AvgIpc) is 2.70. The van der Waals surface area contributed by atoms with Gasteiger partial charge in [0.25, 0.3) is 10.0 Å². The Hall–Kier alpha value is -0.990. The van der Waals surface area contributed by atoms with Crippen molar-refractivity contribution in [1.29, 1.82) is 0 Å². The molecule has 0 bridgehead atoms. The highest BCUT2D eigenvalue weighted by Crippen LogP contribution is 2.24. The highest BCUT2D eigenvalue weighted by atomic mass is 79.9. The summed E-state index contributed by atoms with van der Waals surface area (Å²) in [6, 6.07) is 6.59. The van der Waals surface area contributed by atoms with Crippen LogP contribution in [0.4, 0.5) is 5.00 Å². The Kier molecular flexibility index (Phi) is 3.22. The SMILES string of the molecule is O=S(=O)(Nc1cnns1)c1ccccc1Br. The number of halogens is 1. The van der Waals surface area contributed by atoms with E-state index >= 15 is 0 Å². The van der Waals surface area contributed by atoms with Crippen molar-refractivity contribution in [3.05, 3.63) is 34.9 Å². The standard InChI is InChI=1S/C8H6BrN3O2S2/c9-6-3-1-2-4-7(6)16(13,14)11-8-5-10-12-15-8/h1-5,11H. The van der Waals surface area contributed by atoms with Crippen molar-refractivity contribution in [3.63, 3.8) is 0 Å². The third-order valence-electron chi connectivity index (χ3n) is 1.72. The van der Waals surface area contributed by atoms with Crippen molar-refractivity contribution in [2.45, 2.75) is 4.90 Å². The van der Waals surface area contributed by atoms with Gasteiger partial charge in [0.2, 0.25) is 0 Å². The van der Waals surface area contributed by atoms with Gasteiger partial charge in [-0.2, -0.15) is 0 Å². The van der Waals surface area contributed by atoms with Crippen LogP contribution in [0.5, 0.6) is 0 Å². The molecular formula is C8H6BrN3O2S2. The summed E-state index contributed by atoms with van der Waals surface area (Å²) in [5, 5.41) is 3.94. The minimum absolute atomic E-state index is 0.184. The third-order valence-corrected chi connectivity index (χ3v) is 4.81. The second kappa shape index (κ2) is 4.48. The van der Waals surface area contributed by atoms with Gasteiger partial charge in [-0.1, -0.05) is 16.6 Å². The lowest BCUT2D eigenvalue weighted by atomic mass is 10.4. The van der Waals surface area contributed by atoms with Crippen molar-refractivity contribution in [3.8, 4) is 0 Å². The molecule has 5 nitrogen and oxygen atoms in total. The topological polar surface area (TPSA) is 72.0 Å². The van der Waals surface area contributed by atoms with E-state index in [0.717, 1.165) is 11.5 Å². The minimum atomic E-state index is -3.58. The number of rotatable bonds is 3. The van der Waals surface area contributed by atoms with E-state index in [2.05, 4.69) is 30.2 Å². The van der Waals surface area contributed by atoms with E-state index in [4.69, 9.17) is 0 Å². The van der Waals surface area contributed by atoms with E-state index in [1.165, 1.54) is 12.3 Å². The Balaban J connectivity index is 2.37. The molecule has 0 saturated heterocycles. The molecule has 1 aromatic carbocycles. The van der Waals surface area contributed by atoms with E-state index in [1.54, 1.807) is 18.2 Å². The number of nitrogens with one attached hydrogen (secondary N) is 1. The van der Waals surface area contributed by atoms with E-state index < -0.39 is 10.0 Å². The minimum Gasteiger partial charge on any atom is -0.268 e. The normalized spacial score (nSPS) is 11.3. The first-order valence-electron chi connectivity index (χ1n) is 4.14. The summed E-state index contributed by atoms with van der Waals surface area (Å²) in [5.74, 6) is 0. The molecule has 0 fully saturated rings. The Bertz CT molecular complexity index is 583. The molecule has 0 amide bonds. The molecule has 1 aromatic heterocycles. The summed E-state index contributed by atoms with van der Waals surface area (Å²) in [6.07, 6.45) is 1.36. The van der Waals surface area contributed by atoms with Crippen LogP contribution in [0.15, 0.2) is 39.8 Å². The van der Waals surface area contributed by atoms with E-state index in [-0.39, 0.29) is 4.90 Å². The van der Waals surface area contributed by atoms with Crippen LogP contribution in [0.2, 0.25) is 0 Å². The second-order valence-corrected chi connectivity index (χ2v) is 6.11. The van der Waals surface area contributed by atoms with E-state index in [0.29, 0.717) is 9.47 Å². The molecule has 0 aliphatic carbocycles. The zero-order valence-corrected chi connectivity index (χ0v) is 11.0. The van der Waals surface area contributed by atoms with Gasteiger partial charge in [-0.3, -0.25) is 4.72 Å². The lowest BCUT2D eigenvalue weighted by Gasteiger charge is -2.06. The van der Waals surface area contributed by atoms with Gasteiger partial charge >= 0.3 is 0 Å². The first kappa shape index (κ1) is 11.5. The zero-order chi connectivity index (χ0) is 11.6. The Labute approximate surface area is 105 Å². The number of anilines is 1. The predicted octanol–water partition coefficient (Wildman–Crippen LogP) is 2.10. The molecule has 84 valence electrons. The average molecular weight is 320 g/mol. The zero-order valence-electron chi connectivity index (χ0n) is 7.79. The lowest BCUT2D eigenvalue weighted by molar-refractivity contribution is 0.601. The van der Waals surface area contributed by atoms with Crippen LogP contribution >= 0.6 is 27.5 Å². The Morgan fingerprint density at radius 2 is 2.06 bits per heavy atom. The number of hydrogen-bond donors (Lipinski definition) is 1. The molecule has 0 aliphatic heterocycles. The predicted molar refractivity (Wildman–Crippen MR) is 64.9 cm³/mol. The molecule has 0 unspecified atom stereocenters. The number of benzene rings is 1. The summed E-state index contributed by atoms with van der Waals surface area (Å²) in [7, 11) is -3.58. The Morgan fingerprint density at radius 3 is 2.69 bits per heavy atom. The van der Waals surface area contributed by atoms with Crippen molar-refractivity contribution in [1.82, 2.24) is 9.59 Å². The maximum atomic E-state index is 11.9. The van der Waals surface area contributed by atoms with Gasteiger partial charge in [0.15, 0.2) is 0 Å². The molecule has 8 heteroatoms. The maximum Gasteiger partial charge on any atom is 0.263 e. The molecule has 2 aromatic rings. The molecule has 0 aliphatic rings. The number of sulfonamides is 1. The van der Waals surface area contributed by atoms with Gasteiger partial charge < -0.3 is 0 Å². The summed E-state index contributed by atoms with van der Waals surface area (Å²) in [6.45, 7) is 0. The van der Waals surface area contributed by atoms with Crippen molar-refractivity contribution < 1.29 is 8.42 Å². The quantitative estimate of drug-likeness (QED) is 0.940. The fourth-order valence-corrected chi connectivity index (χ4v) is 3.75. The first-order valence-corrected chi connectivity index (χ1v) is 7.19. The van der Waals surface area contributed by atoms with E-state index in [1.807, 2.05) is 0 Å². The molecule has 1 N–H and O–H groups in total. The van der Waals surface area contributed by atoms with Gasteiger partial charge in [0.1, 0.15) is 9.90 Å². The molecule has 2 rings (SSSR count). The van der Waals surface area contributed by atoms with Crippen molar-refractivity contribution in [2.75, 3.05) is 4.72 Å². The molecule has 0 spiro atoms. The second-order valence-electron chi connectivity index (χ2n) is 2.82. The van der Waals surface area contributed by atoms with Crippen LogP contribution in [0.1, 0.15) is 0 Å². The highest BCUT2D eigenvalue weighted by molar-refractivity contribution is 9.10. The summed E-state index contributed by atoms with van der Waals surface area (Å²) < 4.78 is 30.3. The molecular weight excluding hydrogens is 314 g/mol. The largest absolute Gasteiger partial charge is 0.268 e. The number of aromatic nitrogens is 2. The fourth-order valence-electron chi connectivity index (χ4n) is 1.06. The number of hydrogen-bond acceptors (Lipinski definition) is 5. The van der Waals surface area contributed by atoms with Gasteiger partial charge in [0.05, 0.1) is 6.20 Å². The maximum absolute atomic E-state index is 11.9. The van der Waals surface area contributed by atoms with Crippen molar-refractivity contribution >= 4 is 42.5 Å². The first-order chi connectivity index (χ1) is 7.59. The van der Waals surface area contributed by atoms with Gasteiger partial charge in [-0.15, -0.1) is 5.10 Å². The summed E-state index contributed by atoms with van der Waals surface area (Å²) in [5.41, 5.74) is 0. The molecule has 0 saturated carbocycles. The van der Waals surface area contributed by atoms with Crippen LogP contribution in [0.25, 0.3) is 0 Å². The highest BCUT2D eigenvalue weighted by Gasteiger charge is 2.17. The smallest absolute Gasteiger partial charge is 0.263 e. The van der Waals surface area contributed by atoms with Gasteiger partial charge in [-0.25, -0.2) is 8.42 Å². The van der Waals surface area contributed by atoms with E-state index in [9.17, 15) is 8.42 Å². The van der Waals surface area contributed by atoms with Crippen LogP contribution in [-0.4, -0.2) is 18.0 Å². The summed E-state index contributed by atoms with van der Waals surface area (Å²) in [4.78, 5) is 0.184. The third kappa shape index (κ3) is 2.39. The van der Waals surface area contributed by atoms with Crippen LogP contribution in [-0.2, 0) is 10.0 Å². The monoisotopic (exact) mass is 319 g/mol. The molecule has 1 heterocycles. The van der Waals surface area contributed by atoms with Crippen LogP contribution in [0, 0.1) is 0 Å². The molecule has 0 radical (unpaired) electrons. The number of nitrogens with zero attached hydrogens (tertiary/aromatic N) is 2. The van der Waals surface area contributed by atoms with Gasteiger partial charge in [0, 0.05) is 16.0 Å². The fraction of sp³-hybridized carbons (Fsp3) is 0. The Morgan fingerprint density at radius 1 is 1.31 bits per heavy atom. The molecule has 16 heavy (non-hydrogen) atoms. The van der Waals surface area contributed by atoms with Gasteiger partial charge in [-0.05, 0) is 28.1 Å².